The zero-order chi connectivity index (χ0) is 18.8. The van der Waals surface area contributed by atoms with Crippen molar-refractivity contribution < 1.29 is 14.3 Å². The molecule has 1 aliphatic heterocycles. The predicted octanol–water partition coefficient (Wildman–Crippen LogP) is 3.04. The van der Waals surface area contributed by atoms with E-state index >= 15 is 0 Å². The van der Waals surface area contributed by atoms with Gasteiger partial charge < -0.3 is 19.4 Å². The molecule has 1 aromatic heterocycles. The van der Waals surface area contributed by atoms with Crippen LogP contribution in [0.4, 0.5) is 0 Å². The van der Waals surface area contributed by atoms with Crippen molar-refractivity contribution in [2.45, 2.75) is 43.4 Å². The molecule has 2 heterocycles. The predicted molar refractivity (Wildman–Crippen MR) is 102 cm³/mol. The molecule has 2 aromatic rings. The molecule has 1 unspecified atom stereocenters. The summed E-state index contributed by atoms with van der Waals surface area (Å²) in [7, 11) is 0. The fraction of sp³-hybridized carbons (Fsp3) is 0.421. The van der Waals surface area contributed by atoms with Crippen molar-refractivity contribution in [3.05, 3.63) is 42.2 Å². The minimum atomic E-state index is -0.124. The minimum Gasteiger partial charge on any atom is -0.454 e. The lowest BCUT2D eigenvalue weighted by Gasteiger charge is -2.15. The van der Waals surface area contributed by atoms with E-state index in [1.807, 2.05) is 31.2 Å². The highest BCUT2D eigenvalue weighted by Crippen LogP contribution is 2.40. The number of nitrogens with zero attached hydrogens (tertiary/aromatic N) is 3. The van der Waals surface area contributed by atoms with Crippen molar-refractivity contribution in [2.24, 2.45) is 0 Å². The van der Waals surface area contributed by atoms with Gasteiger partial charge in [-0.05, 0) is 37.5 Å². The summed E-state index contributed by atoms with van der Waals surface area (Å²) in [6, 6.07) is 5.59. The first kappa shape index (κ1) is 17.9. The number of aromatic nitrogens is 3. The van der Waals surface area contributed by atoms with Gasteiger partial charge in [-0.1, -0.05) is 23.9 Å². The molecule has 1 fully saturated rings. The number of carbonyl (C=O) groups is 1. The molecule has 1 atom stereocenters. The van der Waals surface area contributed by atoms with Gasteiger partial charge in [-0.25, -0.2) is 0 Å². The summed E-state index contributed by atoms with van der Waals surface area (Å²) >= 11 is 1.40. The molecule has 27 heavy (non-hydrogen) atoms. The maximum absolute atomic E-state index is 12.4. The van der Waals surface area contributed by atoms with Crippen LogP contribution >= 0.6 is 11.8 Å². The van der Waals surface area contributed by atoms with E-state index in [1.54, 1.807) is 0 Å². The molecule has 0 saturated heterocycles. The fourth-order valence-electron chi connectivity index (χ4n) is 3.03. The Morgan fingerprint density at radius 3 is 3.00 bits per heavy atom. The lowest BCUT2D eigenvalue weighted by atomic mass is 10.1. The Bertz CT molecular complexity index is 863. The number of hydrogen-bond acceptors (Lipinski definition) is 6. The molecule has 1 aliphatic carbocycles. The topological polar surface area (TPSA) is 78.3 Å². The third kappa shape index (κ3) is 3.95. The van der Waals surface area contributed by atoms with Gasteiger partial charge in [0.15, 0.2) is 16.7 Å². The molecule has 8 heteroatoms. The second-order valence-electron chi connectivity index (χ2n) is 6.70. The molecule has 0 spiro atoms. The quantitative estimate of drug-likeness (QED) is 0.555. The second-order valence-corrected chi connectivity index (χ2v) is 7.65. The molecule has 4 rings (SSSR count). The molecular weight excluding hydrogens is 364 g/mol. The summed E-state index contributed by atoms with van der Waals surface area (Å²) in [5.41, 5.74) is 0.975. The zero-order valence-corrected chi connectivity index (χ0v) is 16.0. The SMILES string of the molecule is C=CCn1c(SCC(=O)NC(C)c2ccc3c(c2)OCO3)nnc1C1CC1. The number of carbonyl (C=O) groups excluding carboxylic acids is 1. The number of rotatable bonds is 8. The lowest BCUT2D eigenvalue weighted by molar-refractivity contribution is -0.119. The first-order valence-corrected chi connectivity index (χ1v) is 10.00. The Labute approximate surface area is 162 Å². The largest absolute Gasteiger partial charge is 0.454 e. The zero-order valence-electron chi connectivity index (χ0n) is 15.2. The van der Waals surface area contributed by atoms with Gasteiger partial charge in [0.25, 0.3) is 0 Å². The van der Waals surface area contributed by atoms with Crippen LogP contribution in [0.5, 0.6) is 11.5 Å². The first-order chi connectivity index (χ1) is 13.2. The number of nitrogens with one attached hydrogen (secondary N) is 1. The highest BCUT2D eigenvalue weighted by molar-refractivity contribution is 7.99. The summed E-state index contributed by atoms with van der Waals surface area (Å²) in [6.07, 6.45) is 4.15. The Kier molecular flexibility index (Phi) is 5.07. The molecular formula is C19H22N4O3S. The van der Waals surface area contributed by atoms with Crippen LogP contribution in [-0.4, -0.2) is 33.2 Å². The van der Waals surface area contributed by atoms with Crippen LogP contribution in [0.15, 0.2) is 36.0 Å². The van der Waals surface area contributed by atoms with Gasteiger partial charge in [-0.3, -0.25) is 4.79 Å². The van der Waals surface area contributed by atoms with Crippen molar-refractivity contribution in [1.82, 2.24) is 20.1 Å². The van der Waals surface area contributed by atoms with Gasteiger partial charge in [0.05, 0.1) is 11.8 Å². The molecule has 1 N–H and O–H groups in total. The molecule has 1 amide bonds. The van der Waals surface area contributed by atoms with Gasteiger partial charge in [0, 0.05) is 12.5 Å². The van der Waals surface area contributed by atoms with E-state index in [1.165, 1.54) is 11.8 Å². The van der Waals surface area contributed by atoms with Crippen LogP contribution in [0.2, 0.25) is 0 Å². The summed E-state index contributed by atoms with van der Waals surface area (Å²) in [4.78, 5) is 12.4. The van der Waals surface area contributed by atoms with Crippen molar-refractivity contribution in [3.8, 4) is 11.5 Å². The number of amides is 1. The monoisotopic (exact) mass is 386 g/mol. The second kappa shape index (κ2) is 7.64. The molecule has 0 radical (unpaired) electrons. The third-order valence-corrected chi connectivity index (χ3v) is 5.57. The smallest absolute Gasteiger partial charge is 0.231 e. The number of fused-ring (bicyclic) bond motifs is 1. The van der Waals surface area contributed by atoms with E-state index in [-0.39, 0.29) is 24.5 Å². The van der Waals surface area contributed by atoms with E-state index in [9.17, 15) is 4.79 Å². The highest BCUT2D eigenvalue weighted by atomic mass is 32.2. The normalized spacial score (nSPS) is 16.2. The van der Waals surface area contributed by atoms with Gasteiger partial charge in [0.1, 0.15) is 5.82 Å². The molecule has 2 aliphatic rings. The average molecular weight is 386 g/mol. The Morgan fingerprint density at radius 1 is 1.41 bits per heavy atom. The Hall–Kier alpha value is -2.48. The lowest BCUT2D eigenvalue weighted by Crippen LogP contribution is -2.28. The van der Waals surface area contributed by atoms with E-state index < -0.39 is 0 Å². The Balaban J connectivity index is 1.35. The summed E-state index contributed by atoms with van der Waals surface area (Å²) in [5.74, 6) is 3.20. The van der Waals surface area contributed by atoms with Crippen molar-refractivity contribution in [3.63, 3.8) is 0 Å². The minimum absolute atomic E-state index is 0.0497. The van der Waals surface area contributed by atoms with E-state index in [2.05, 4.69) is 26.7 Å². The van der Waals surface area contributed by atoms with E-state index in [0.717, 1.165) is 35.1 Å². The van der Waals surface area contributed by atoms with Crippen LogP contribution < -0.4 is 14.8 Å². The number of hydrogen-bond donors (Lipinski definition) is 1. The third-order valence-electron chi connectivity index (χ3n) is 4.61. The highest BCUT2D eigenvalue weighted by Gasteiger charge is 2.30. The van der Waals surface area contributed by atoms with Crippen molar-refractivity contribution in [1.29, 1.82) is 0 Å². The van der Waals surface area contributed by atoms with Crippen molar-refractivity contribution in [2.75, 3.05) is 12.5 Å². The number of thioether (sulfide) groups is 1. The summed E-state index contributed by atoms with van der Waals surface area (Å²) in [6.45, 7) is 6.66. The summed E-state index contributed by atoms with van der Waals surface area (Å²) < 4.78 is 12.8. The van der Waals surface area contributed by atoms with Crippen LogP contribution in [0, 0.1) is 0 Å². The van der Waals surface area contributed by atoms with Gasteiger partial charge in [0.2, 0.25) is 12.7 Å². The van der Waals surface area contributed by atoms with E-state index in [0.29, 0.717) is 18.2 Å². The average Bonchev–Trinajstić information content (AvgIpc) is 3.26. The summed E-state index contributed by atoms with van der Waals surface area (Å²) in [5, 5.41) is 12.3. The molecule has 1 aromatic carbocycles. The van der Waals surface area contributed by atoms with Gasteiger partial charge >= 0.3 is 0 Å². The number of benzene rings is 1. The van der Waals surface area contributed by atoms with Crippen LogP contribution in [-0.2, 0) is 11.3 Å². The maximum atomic E-state index is 12.4. The Morgan fingerprint density at radius 2 is 2.22 bits per heavy atom. The van der Waals surface area contributed by atoms with Crippen LogP contribution in [0.1, 0.15) is 43.1 Å². The number of ether oxygens (including phenoxy) is 2. The standard InChI is InChI=1S/C19H22N4O3S/c1-3-8-23-18(13-4-5-13)21-22-19(23)27-10-17(24)20-12(2)14-6-7-15-16(9-14)26-11-25-15/h3,6-7,9,12-13H,1,4-5,8,10-11H2,2H3,(H,20,24). The van der Waals surface area contributed by atoms with E-state index in [4.69, 9.17) is 9.47 Å². The molecule has 1 saturated carbocycles. The van der Waals surface area contributed by atoms with Crippen LogP contribution in [0.25, 0.3) is 0 Å². The van der Waals surface area contributed by atoms with Crippen molar-refractivity contribution >= 4 is 17.7 Å². The fourth-order valence-corrected chi connectivity index (χ4v) is 3.80. The number of allylic oxidation sites excluding steroid dienone is 1. The van der Waals surface area contributed by atoms with Crippen LogP contribution in [0.3, 0.4) is 0 Å². The molecule has 7 nitrogen and oxygen atoms in total. The van der Waals surface area contributed by atoms with Gasteiger partial charge in [-0.15, -0.1) is 16.8 Å². The van der Waals surface area contributed by atoms with Gasteiger partial charge in [-0.2, -0.15) is 0 Å². The molecule has 0 bridgehead atoms. The first-order valence-electron chi connectivity index (χ1n) is 9.01. The molecule has 142 valence electrons. The maximum Gasteiger partial charge on any atom is 0.231 e.